The lowest BCUT2D eigenvalue weighted by Crippen LogP contribution is -2.31. The van der Waals surface area contributed by atoms with Gasteiger partial charge < -0.3 is 14.4 Å². The lowest BCUT2D eigenvalue weighted by atomic mass is 10.1. The van der Waals surface area contributed by atoms with Crippen molar-refractivity contribution in [3.8, 4) is 5.75 Å². The number of benzene rings is 2. The number of hydrogen-bond donors (Lipinski definition) is 0. The molecule has 2 aliphatic rings. The number of Topliss-reactive ketones (excluding diaryl/α,β-unsaturated/α-hetero) is 1. The topological polar surface area (TPSA) is 76.1 Å². The van der Waals surface area contributed by atoms with E-state index in [1.54, 1.807) is 39.5 Å². The number of ether oxygens (including phenoxy) is 2. The summed E-state index contributed by atoms with van der Waals surface area (Å²) >= 11 is 0. The zero-order valence-electron chi connectivity index (χ0n) is 18.1. The van der Waals surface area contributed by atoms with Crippen molar-refractivity contribution in [1.29, 1.82) is 0 Å². The van der Waals surface area contributed by atoms with Crippen LogP contribution in [0.4, 0.5) is 5.69 Å². The number of nitrogens with zero attached hydrogens (tertiary/aromatic N) is 2. The van der Waals surface area contributed by atoms with Gasteiger partial charge >= 0.3 is 0 Å². The second-order valence-electron chi connectivity index (χ2n) is 7.39. The molecule has 1 saturated heterocycles. The molecule has 0 saturated carbocycles. The molecule has 2 aromatic carbocycles. The Hall–Kier alpha value is -2.55. The molecule has 0 aliphatic carbocycles. The van der Waals surface area contributed by atoms with E-state index in [0.717, 1.165) is 43.7 Å². The highest BCUT2D eigenvalue weighted by Crippen LogP contribution is 2.33. The van der Waals surface area contributed by atoms with Gasteiger partial charge in [-0.15, -0.1) is 0 Å². The molecule has 1 amide bonds. The summed E-state index contributed by atoms with van der Waals surface area (Å²) < 4.78 is 24.2. The monoisotopic (exact) mass is 444 g/mol. The number of carbonyl (C=O) groups is 2. The molecular weight excluding hydrogens is 416 g/mol. The number of ketones is 1. The predicted molar refractivity (Wildman–Crippen MR) is 120 cm³/mol. The van der Waals surface area contributed by atoms with E-state index in [1.165, 1.54) is 4.90 Å². The minimum Gasteiger partial charge on any atom is -0.497 e. The van der Waals surface area contributed by atoms with Gasteiger partial charge in [0, 0.05) is 27.3 Å². The van der Waals surface area contributed by atoms with Crippen molar-refractivity contribution in [2.75, 3.05) is 39.3 Å². The second kappa shape index (κ2) is 10.7. The van der Waals surface area contributed by atoms with Crippen molar-refractivity contribution in [1.82, 2.24) is 4.31 Å². The summed E-state index contributed by atoms with van der Waals surface area (Å²) in [5.41, 5.74) is 1.81. The van der Waals surface area contributed by atoms with Gasteiger partial charge in [0.05, 0.1) is 29.8 Å². The molecule has 166 valence electrons. The third-order valence-corrected chi connectivity index (χ3v) is 6.69. The van der Waals surface area contributed by atoms with Crippen LogP contribution in [-0.2, 0) is 27.1 Å². The smallest absolute Gasteiger partial charge is 0.299 e. The number of piperidine rings is 1. The third kappa shape index (κ3) is 5.20. The number of hydrogen-bond acceptors (Lipinski definition) is 5. The zero-order valence-corrected chi connectivity index (χ0v) is 18.9. The Labute approximate surface area is 185 Å². The number of amides is 1. The normalized spacial score (nSPS) is 17.1. The maximum Gasteiger partial charge on any atom is 0.299 e. The van der Waals surface area contributed by atoms with Crippen LogP contribution in [0.5, 0.6) is 5.75 Å². The third-order valence-electron chi connectivity index (χ3n) is 5.19. The number of anilines is 1. The molecule has 0 radical (unpaired) electrons. The van der Waals surface area contributed by atoms with Crippen molar-refractivity contribution in [2.24, 2.45) is 0 Å². The minimum absolute atomic E-state index is 0.302. The van der Waals surface area contributed by atoms with Gasteiger partial charge in [0.2, 0.25) is 0 Å². The molecule has 0 spiro atoms. The van der Waals surface area contributed by atoms with Crippen LogP contribution in [0.3, 0.4) is 0 Å². The van der Waals surface area contributed by atoms with Gasteiger partial charge in [0.25, 0.3) is 11.7 Å². The highest BCUT2D eigenvalue weighted by Gasteiger charge is 2.36. The Bertz CT molecular complexity index is 955. The summed E-state index contributed by atoms with van der Waals surface area (Å²) in [6.07, 6.45) is 3.22. The van der Waals surface area contributed by atoms with Crippen LogP contribution in [0.15, 0.2) is 47.4 Å². The van der Waals surface area contributed by atoms with Crippen LogP contribution in [0, 0.1) is 0 Å². The second-order valence-corrected chi connectivity index (χ2v) is 8.88. The SMILES string of the molecule is COC.COc1ccc(CN2C(=O)C(=O)c3cc(S(=O)N4CCCCC4)ccc32)cc1. The first-order valence-corrected chi connectivity index (χ1v) is 11.3. The molecule has 2 aliphatic heterocycles. The molecule has 0 bridgehead atoms. The molecule has 7 nitrogen and oxygen atoms in total. The largest absolute Gasteiger partial charge is 0.497 e. The summed E-state index contributed by atoms with van der Waals surface area (Å²) in [6.45, 7) is 1.89. The first-order valence-electron chi connectivity index (χ1n) is 10.2. The van der Waals surface area contributed by atoms with Crippen LogP contribution in [0.25, 0.3) is 0 Å². The first kappa shape index (κ1) is 23.1. The molecule has 0 aromatic heterocycles. The van der Waals surface area contributed by atoms with Crippen LogP contribution >= 0.6 is 0 Å². The summed E-state index contributed by atoms with van der Waals surface area (Å²) in [5, 5.41) is 0. The fourth-order valence-corrected chi connectivity index (χ4v) is 4.93. The van der Waals surface area contributed by atoms with Gasteiger partial charge in [-0.3, -0.25) is 9.59 Å². The van der Waals surface area contributed by atoms with Crippen LogP contribution in [-0.4, -0.2) is 54.6 Å². The van der Waals surface area contributed by atoms with Crippen LogP contribution in [0.2, 0.25) is 0 Å². The van der Waals surface area contributed by atoms with Crippen molar-refractivity contribution >= 4 is 28.4 Å². The summed E-state index contributed by atoms with van der Waals surface area (Å²) in [5.74, 6) is -0.356. The van der Waals surface area contributed by atoms with Gasteiger partial charge in [-0.1, -0.05) is 18.6 Å². The number of carbonyl (C=O) groups excluding carboxylic acids is 2. The standard InChI is InChI=1S/C21H22N2O4S.C2H6O/c1-27-16-7-5-15(6-8-16)14-23-19-10-9-17(13-18(19)20(24)21(23)25)28(26)22-11-3-2-4-12-22;1-3-2/h5-10,13H,2-4,11-12,14H2,1H3;1-2H3. The average Bonchev–Trinajstić information content (AvgIpc) is 3.04. The predicted octanol–water partition coefficient (Wildman–Crippen LogP) is 3.20. The number of methoxy groups -OCH3 is 2. The average molecular weight is 445 g/mol. The van der Waals surface area contributed by atoms with Gasteiger partial charge in [-0.05, 0) is 48.7 Å². The van der Waals surface area contributed by atoms with Crippen LogP contribution < -0.4 is 9.64 Å². The Balaban J connectivity index is 0.000000858. The Kier molecular flexibility index (Phi) is 7.95. The maximum atomic E-state index is 12.8. The molecule has 1 atom stereocenters. The van der Waals surface area contributed by atoms with E-state index in [1.807, 2.05) is 28.6 Å². The van der Waals surface area contributed by atoms with Crippen molar-refractivity contribution < 1.29 is 23.3 Å². The molecule has 2 heterocycles. The lowest BCUT2D eigenvalue weighted by Gasteiger charge is -2.25. The van der Waals surface area contributed by atoms with E-state index < -0.39 is 22.7 Å². The Morgan fingerprint density at radius 2 is 1.58 bits per heavy atom. The van der Waals surface area contributed by atoms with Gasteiger partial charge in [-0.2, -0.15) is 0 Å². The zero-order chi connectivity index (χ0) is 22.4. The fraction of sp³-hybridized carbons (Fsp3) is 0.391. The molecule has 0 N–H and O–H groups in total. The Morgan fingerprint density at radius 3 is 2.19 bits per heavy atom. The van der Waals surface area contributed by atoms with E-state index in [-0.39, 0.29) is 0 Å². The van der Waals surface area contributed by atoms with E-state index in [4.69, 9.17) is 4.74 Å². The Morgan fingerprint density at radius 1 is 0.935 bits per heavy atom. The first-order chi connectivity index (χ1) is 15.0. The van der Waals surface area contributed by atoms with Gasteiger partial charge in [0.1, 0.15) is 16.7 Å². The maximum absolute atomic E-state index is 12.8. The van der Waals surface area contributed by atoms with Crippen molar-refractivity contribution in [3.63, 3.8) is 0 Å². The van der Waals surface area contributed by atoms with Crippen molar-refractivity contribution in [2.45, 2.75) is 30.7 Å². The molecular formula is C23H28N2O5S. The van der Waals surface area contributed by atoms with Crippen molar-refractivity contribution in [3.05, 3.63) is 53.6 Å². The number of rotatable bonds is 5. The molecule has 8 heteroatoms. The molecule has 1 unspecified atom stereocenters. The minimum atomic E-state index is -1.30. The van der Waals surface area contributed by atoms with E-state index in [9.17, 15) is 13.8 Å². The fourth-order valence-electron chi connectivity index (χ4n) is 3.64. The van der Waals surface area contributed by atoms with Crippen LogP contribution in [0.1, 0.15) is 35.2 Å². The number of fused-ring (bicyclic) bond motifs is 1. The lowest BCUT2D eigenvalue weighted by molar-refractivity contribution is -0.114. The van der Waals surface area contributed by atoms with E-state index in [2.05, 4.69) is 4.74 Å². The summed E-state index contributed by atoms with van der Waals surface area (Å²) in [4.78, 5) is 27.1. The van der Waals surface area contributed by atoms with Gasteiger partial charge in [0.15, 0.2) is 0 Å². The van der Waals surface area contributed by atoms with E-state index in [0.29, 0.717) is 22.7 Å². The molecule has 4 rings (SSSR count). The molecule has 2 aromatic rings. The van der Waals surface area contributed by atoms with Gasteiger partial charge in [-0.25, -0.2) is 8.51 Å². The highest BCUT2D eigenvalue weighted by molar-refractivity contribution is 7.82. The summed E-state index contributed by atoms with van der Waals surface area (Å²) in [7, 11) is 3.54. The van der Waals surface area contributed by atoms with E-state index >= 15 is 0 Å². The highest BCUT2D eigenvalue weighted by atomic mass is 32.2. The summed E-state index contributed by atoms with van der Waals surface area (Å²) in [6, 6.07) is 12.5. The molecule has 1 fully saturated rings. The molecule has 31 heavy (non-hydrogen) atoms. The quantitative estimate of drug-likeness (QED) is 0.662.